The normalized spacial score (nSPS) is 11.9. The first kappa shape index (κ1) is 15.4. The molecule has 0 bridgehead atoms. The fourth-order valence-electron chi connectivity index (χ4n) is 4.16. The minimum absolute atomic E-state index is 1.12. The average Bonchev–Trinajstić information content (AvgIpc) is 3.25. The predicted octanol–water partition coefficient (Wildman–Crippen LogP) is 7.91. The van der Waals surface area contributed by atoms with Gasteiger partial charge in [0.1, 0.15) is 0 Å². The molecule has 0 saturated heterocycles. The lowest BCUT2D eigenvalue weighted by Gasteiger charge is -2.09. The van der Waals surface area contributed by atoms with Gasteiger partial charge in [0, 0.05) is 41.1 Å². The third-order valence-electron chi connectivity index (χ3n) is 5.25. The Kier molecular flexibility index (Phi) is 3.25. The lowest BCUT2D eigenvalue weighted by molar-refractivity contribution is 1.18. The monoisotopic (exact) mass is 427 g/mol. The van der Waals surface area contributed by atoms with E-state index >= 15 is 0 Å². The first-order chi connectivity index (χ1) is 13.3. The number of benzene rings is 4. The van der Waals surface area contributed by atoms with Crippen LogP contribution in [0.5, 0.6) is 0 Å². The molecule has 0 spiro atoms. The Balaban J connectivity index is 1.97. The third kappa shape index (κ3) is 2.10. The van der Waals surface area contributed by atoms with Gasteiger partial charge in [-0.25, -0.2) is 0 Å². The molecule has 2 aromatic heterocycles. The molecular formula is C24H14BrNS. The van der Waals surface area contributed by atoms with E-state index < -0.39 is 0 Å². The number of rotatable bonds is 1. The highest BCUT2D eigenvalue weighted by Crippen LogP contribution is 2.44. The van der Waals surface area contributed by atoms with Crippen molar-refractivity contribution in [3.63, 3.8) is 0 Å². The summed E-state index contributed by atoms with van der Waals surface area (Å²) in [4.78, 5) is 0. The topological polar surface area (TPSA) is 4.93 Å². The lowest BCUT2D eigenvalue weighted by atomic mass is 10.1. The second-order valence-corrected chi connectivity index (χ2v) is 8.68. The van der Waals surface area contributed by atoms with E-state index in [1.165, 1.54) is 47.7 Å². The van der Waals surface area contributed by atoms with Crippen molar-refractivity contribution >= 4 is 69.2 Å². The molecule has 27 heavy (non-hydrogen) atoms. The molecule has 2 heterocycles. The molecule has 0 amide bonds. The smallest absolute Gasteiger partial charge is 0.0683 e. The summed E-state index contributed by atoms with van der Waals surface area (Å²) in [5.41, 5.74) is 3.70. The highest BCUT2D eigenvalue weighted by atomic mass is 79.9. The van der Waals surface area contributed by atoms with Gasteiger partial charge in [-0.15, -0.1) is 11.3 Å². The Morgan fingerprint density at radius 3 is 2.22 bits per heavy atom. The van der Waals surface area contributed by atoms with Gasteiger partial charge in [0.15, 0.2) is 0 Å². The van der Waals surface area contributed by atoms with E-state index in [9.17, 15) is 0 Å². The van der Waals surface area contributed by atoms with Crippen molar-refractivity contribution in [3.8, 4) is 5.69 Å². The summed E-state index contributed by atoms with van der Waals surface area (Å²) in [6.45, 7) is 0. The van der Waals surface area contributed by atoms with Crippen molar-refractivity contribution < 1.29 is 0 Å². The summed E-state index contributed by atoms with van der Waals surface area (Å²) >= 11 is 5.68. The molecule has 0 aliphatic carbocycles. The fraction of sp³-hybridized carbons (Fsp3) is 0. The van der Waals surface area contributed by atoms with Gasteiger partial charge in [-0.1, -0.05) is 54.6 Å². The predicted molar refractivity (Wildman–Crippen MR) is 121 cm³/mol. The molecule has 6 aromatic rings. The molecule has 3 heteroatoms. The number of thiophene rings is 1. The SMILES string of the molecule is Brc1cccc2c3ccc4sc5ccccc5c4c3n(-c3ccccc3)c12. The third-order valence-corrected chi connectivity index (χ3v) is 7.03. The Labute approximate surface area is 168 Å². The van der Waals surface area contributed by atoms with E-state index in [0.717, 1.165) is 4.47 Å². The highest BCUT2D eigenvalue weighted by molar-refractivity contribution is 9.10. The number of nitrogens with zero attached hydrogens (tertiary/aromatic N) is 1. The zero-order chi connectivity index (χ0) is 18.0. The molecule has 0 N–H and O–H groups in total. The lowest BCUT2D eigenvalue weighted by Crippen LogP contribution is -1.94. The van der Waals surface area contributed by atoms with E-state index in [2.05, 4.69) is 105 Å². The maximum Gasteiger partial charge on any atom is 0.0683 e. The molecule has 4 aromatic carbocycles. The van der Waals surface area contributed by atoms with Gasteiger partial charge in [-0.05, 0) is 46.3 Å². The van der Waals surface area contributed by atoms with Gasteiger partial charge in [0.05, 0.1) is 11.0 Å². The van der Waals surface area contributed by atoms with Gasteiger partial charge in [0.25, 0.3) is 0 Å². The minimum atomic E-state index is 1.12. The van der Waals surface area contributed by atoms with Crippen LogP contribution in [0.4, 0.5) is 0 Å². The molecule has 0 atom stereocenters. The van der Waals surface area contributed by atoms with E-state index in [-0.39, 0.29) is 0 Å². The van der Waals surface area contributed by atoms with Crippen LogP contribution in [0.1, 0.15) is 0 Å². The standard InChI is InChI=1S/C24H14BrNS/c25-19-11-6-10-16-17-13-14-21-22(18-9-4-5-12-20(18)27-21)24(17)26(23(16)19)15-7-2-1-3-8-15/h1-14H. The Morgan fingerprint density at radius 2 is 1.33 bits per heavy atom. The van der Waals surface area contributed by atoms with Gasteiger partial charge in [-0.2, -0.15) is 0 Å². The number of hydrogen-bond acceptors (Lipinski definition) is 1. The number of aromatic nitrogens is 1. The highest BCUT2D eigenvalue weighted by Gasteiger charge is 2.18. The molecular weight excluding hydrogens is 414 g/mol. The van der Waals surface area contributed by atoms with Crippen LogP contribution in [0, 0.1) is 0 Å². The van der Waals surface area contributed by atoms with Crippen molar-refractivity contribution in [1.29, 1.82) is 0 Å². The molecule has 0 unspecified atom stereocenters. The van der Waals surface area contributed by atoms with Crippen LogP contribution in [-0.4, -0.2) is 4.57 Å². The summed E-state index contributed by atoms with van der Waals surface area (Å²) in [5.74, 6) is 0. The first-order valence-corrected chi connectivity index (χ1v) is 10.5. The maximum absolute atomic E-state index is 3.81. The number of fused-ring (bicyclic) bond motifs is 7. The van der Waals surface area contributed by atoms with Gasteiger partial charge < -0.3 is 4.57 Å². The van der Waals surface area contributed by atoms with Crippen LogP contribution in [0.3, 0.4) is 0 Å². The maximum atomic E-state index is 3.81. The summed E-state index contributed by atoms with van der Waals surface area (Å²) in [5, 5.41) is 5.26. The zero-order valence-electron chi connectivity index (χ0n) is 14.3. The summed E-state index contributed by atoms with van der Waals surface area (Å²) in [7, 11) is 0. The Morgan fingerprint density at radius 1 is 0.593 bits per heavy atom. The van der Waals surface area contributed by atoms with Crippen molar-refractivity contribution in [2.24, 2.45) is 0 Å². The number of para-hydroxylation sites is 2. The molecule has 0 fully saturated rings. The van der Waals surface area contributed by atoms with Crippen LogP contribution in [0.15, 0.2) is 89.4 Å². The van der Waals surface area contributed by atoms with Crippen molar-refractivity contribution in [2.75, 3.05) is 0 Å². The van der Waals surface area contributed by atoms with E-state index in [1.807, 2.05) is 11.3 Å². The van der Waals surface area contributed by atoms with Crippen molar-refractivity contribution in [3.05, 3.63) is 89.4 Å². The zero-order valence-corrected chi connectivity index (χ0v) is 16.7. The van der Waals surface area contributed by atoms with E-state index in [1.54, 1.807) is 0 Å². The van der Waals surface area contributed by atoms with E-state index in [4.69, 9.17) is 0 Å². The van der Waals surface area contributed by atoms with Crippen LogP contribution in [-0.2, 0) is 0 Å². The van der Waals surface area contributed by atoms with Crippen LogP contribution < -0.4 is 0 Å². The average molecular weight is 428 g/mol. The fourth-order valence-corrected chi connectivity index (χ4v) is 5.81. The molecule has 0 radical (unpaired) electrons. The van der Waals surface area contributed by atoms with Crippen LogP contribution >= 0.6 is 27.3 Å². The second-order valence-electron chi connectivity index (χ2n) is 6.74. The van der Waals surface area contributed by atoms with Crippen molar-refractivity contribution in [2.45, 2.75) is 0 Å². The molecule has 128 valence electrons. The van der Waals surface area contributed by atoms with E-state index in [0.29, 0.717) is 0 Å². The second kappa shape index (κ2) is 5.69. The van der Waals surface area contributed by atoms with Crippen molar-refractivity contribution in [1.82, 2.24) is 4.57 Å². The quantitative estimate of drug-likeness (QED) is 0.251. The van der Waals surface area contributed by atoms with Gasteiger partial charge in [-0.3, -0.25) is 0 Å². The summed E-state index contributed by atoms with van der Waals surface area (Å²) in [6, 6.07) is 30.4. The Bertz CT molecular complexity index is 1470. The summed E-state index contributed by atoms with van der Waals surface area (Å²) in [6.07, 6.45) is 0. The molecule has 1 nitrogen and oxygen atoms in total. The molecule has 0 aliphatic heterocycles. The molecule has 6 rings (SSSR count). The molecule has 0 saturated carbocycles. The number of hydrogen-bond donors (Lipinski definition) is 0. The van der Waals surface area contributed by atoms with Crippen LogP contribution in [0.2, 0.25) is 0 Å². The van der Waals surface area contributed by atoms with Gasteiger partial charge in [0.2, 0.25) is 0 Å². The molecule has 0 aliphatic rings. The van der Waals surface area contributed by atoms with Gasteiger partial charge >= 0.3 is 0 Å². The summed E-state index contributed by atoms with van der Waals surface area (Å²) < 4.78 is 6.20. The Hall–Kier alpha value is -2.62. The van der Waals surface area contributed by atoms with Crippen LogP contribution in [0.25, 0.3) is 47.7 Å². The first-order valence-electron chi connectivity index (χ1n) is 8.91. The minimum Gasteiger partial charge on any atom is -0.307 e. The number of halogens is 1. The largest absolute Gasteiger partial charge is 0.307 e.